The lowest BCUT2D eigenvalue weighted by Gasteiger charge is -2.27. The van der Waals surface area contributed by atoms with Crippen molar-refractivity contribution >= 4 is 5.91 Å². The third kappa shape index (κ3) is 4.92. The molecule has 1 heterocycles. The lowest BCUT2D eigenvalue weighted by atomic mass is 9.98. The monoisotopic (exact) mass is 230 g/mol. The second-order valence-corrected chi connectivity index (χ2v) is 4.47. The lowest BCUT2D eigenvalue weighted by molar-refractivity contribution is -0.182. The molecule has 0 aromatic heterocycles. The zero-order chi connectivity index (χ0) is 12.0. The summed E-state index contributed by atoms with van der Waals surface area (Å²) >= 11 is 0. The maximum Gasteiger partial charge on any atom is 0.220 e. The number of amides is 1. The average Bonchev–Trinajstić information content (AvgIpc) is 2.26. The van der Waals surface area contributed by atoms with Crippen molar-refractivity contribution in [3.63, 3.8) is 0 Å². The van der Waals surface area contributed by atoms with E-state index in [4.69, 9.17) is 10.6 Å². The van der Waals surface area contributed by atoms with E-state index >= 15 is 0 Å². The van der Waals surface area contributed by atoms with Gasteiger partial charge in [0.2, 0.25) is 5.91 Å². The van der Waals surface area contributed by atoms with Gasteiger partial charge < -0.3 is 10.8 Å². The van der Waals surface area contributed by atoms with E-state index in [1.807, 2.05) is 12.0 Å². The summed E-state index contributed by atoms with van der Waals surface area (Å²) in [6.45, 7) is 4.48. The Morgan fingerprint density at radius 1 is 1.56 bits per heavy atom. The quantitative estimate of drug-likeness (QED) is 0.687. The van der Waals surface area contributed by atoms with E-state index in [0.29, 0.717) is 0 Å². The molecule has 16 heavy (non-hydrogen) atoms. The van der Waals surface area contributed by atoms with Crippen molar-refractivity contribution in [2.75, 3.05) is 19.7 Å². The van der Waals surface area contributed by atoms with Crippen molar-refractivity contribution in [3.8, 4) is 0 Å². The van der Waals surface area contributed by atoms with Crippen LogP contribution in [0.15, 0.2) is 0 Å². The lowest BCUT2D eigenvalue weighted by Crippen LogP contribution is -2.33. The molecule has 94 valence electrons. The molecule has 1 amide bonds. The molecule has 0 spiro atoms. The number of hydrogen-bond acceptors (Lipinski definition) is 4. The third-order valence-corrected chi connectivity index (χ3v) is 2.98. The molecular formula is C11H22N2O3. The van der Waals surface area contributed by atoms with Crippen LogP contribution in [-0.4, -0.2) is 41.9 Å². The normalized spacial score (nSPS) is 21.6. The zero-order valence-corrected chi connectivity index (χ0v) is 9.89. The number of nitrogens with zero attached hydrogens (tertiary/aromatic N) is 1. The summed E-state index contributed by atoms with van der Waals surface area (Å²) in [5.74, 6) is -0.383. The molecule has 0 bridgehead atoms. The second kappa shape index (κ2) is 6.83. The Hall–Kier alpha value is -0.650. The van der Waals surface area contributed by atoms with E-state index in [1.54, 1.807) is 0 Å². The van der Waals surface area contributed by atoms with Crippen LogP contribution < -0.4 is 5.73 Å². The minimum Gasteiger partial charge on any atom is -0.392 e. The molecule has 5 heteroatoms. The molecule has 0 aromatic rings. The smallest absolute Gasteiger partial charge is 0.220 e. The van der Waals surface area contributed by atoms with Crippen molar-refractivity contribution in [1.82, 2.24) is 5.06 Å². The minimum atomic E-state index is -0.637. The molecule has 0 radical (unpaired) electrons. The van der Waals surface area contributed by atoms with E-state index in [9.17, 15) is 9.90 Å². The SMILES string of the molecule is C[C@H](CCN1CCCCO1)[C@@H](O)CC(N)=O. The molecule has 2 atom stereocenters. The second-order valence-electron chi connectivity index (χ2n) is 4.47. The largest absolute Gasteiger partial charge is 0.392 e. The van der Waals surface area contributed by atoms with Crippen LogP contribution in [0.2, 0.25) is 0 Å². The van der Waals surface area contributed by atoms with Crippen molar-refractivity contribution < 1.29 is 14.7 Å². The molecule has 1 fully saturated rings. The van der Waals surface area contributed by atoms with E-state index in [-0.39, 0.29) is 12.3 Å². The van der Waals surface area contributed by atoms with Gasteiger partial charge in [-0.05, 0) is 25.2 Å². The van der Waals surface area contributed by atoms with Gasteiger partial charge in [-0.2, -0.15) is 5.06 Å². The van der Waals surface area contributed by atoms with Gasteiger partial charge >= 0.3 is 0 Å². The summed E-state index contributed by atoms with van der Waals surface area (Å²) < 4.78 is 0. The number of primary amides is 1. The third-order valence-electron chi connectivity index (χ3n) is 2.98. The summed E-state index contributed by atoms with van der Waals surface area (Å²) in [6.07, 6.45) is 2.51. The minimum absolute atomic E-state index is 0.0437. The molecule has 1 saturated heterocycles. The summed E-state index contributed by atoms with van der Waals surface area (Å²) in [6, 6.07) is 0. The molecular weight excluding hydrogens is 208 g/mol. The number of aliphatic hydroxyl groups excluding tert-OH is 1. The first-order valence-corrected chi connectivity index (χ1v) is 5.94. The molecule has 5 nitrogen and oxygen atoms in total. The van der Waals surface area contributed by atoms with Crippen LogP contribution in [0, 0.1) is 5.92 Å². The van der Waals surface area contributed by atoms with Gasteiger partial charge in [0.15, 0.2) is 0 Å². The van der Waals surface area contributed by atoms with Crippen LogP contribution >= 0.6 is 0 Å². The topological polar surface area (TPSA) is 75.8 Å². The first-order valence-electron chi connectivity index (χ1n) is 5.94. The molecule has 1 aliphatic rings. The van der Waals surface area contributed by atoms with Gasteiger partial charge in [-0.3, -0.25) is 9.63 Å². The van der Waals surface area contributed by atoms with Crippen molar-refractivity contribution in [2.45, 2.75) is 38.7 Å². The van der Waals surface area contributed by atoms with Gasteiger partial charge in [-0.15, -0.1) is 0 Å². The van der Waals surface area contributed by atoms with Gasteiger partial charge in [0.1, 0.15) is 0 Å². The Morgan fingerprint density at radius 2 is 2.31 bits per heavy atom. The Labute approximate surface area is 96.5 Å². The van der Waals surface area contributed by atoms with E-state index in [2.05, 4.69) is 0 Å². The van der Waals surface area contributed by atoms with Gasteiger partial charge in [-0.25, -0.2) is 0 Å². The average molecular weight is 230 g/mol. The predicted octanol–water partition coefficient (Wildman–Crippen LogP) is 0.276. The number of carbonyl (C=O) groups is 1. The number of nitrogens with two attached hydrogens (primary N) is 1. The Morgan fingerprint density at radius 3 is 2.88 bits per heavy atom. The van der Waals surface area contributed by atoms with Crippen LogP contribution in [0.1, 0.15) is 32.6 Å². The molecule has 0 saturated carbocycles. The number of hydroxylamine groups is 2. The molecule has 1 rings (SSSR count). The number of rotatable bonds is 6. The van der Waals surface area contributed by atoms with Crippen molar-refractivity contribution in [2.24, 2.45) is 11.7 Å². The summed E-state index contributed by atoms with van der Waals surface area (Å²) in [7, 11) is 0. The molecule has 1 aliphatic heterocycles. The van der Waals surface area contributed by atoms with E-state index in [1.165, 1.54) is 0 Å². The maximum absolute atomic E-state index is 10.6. The van der Waals surface area contributed by atoms with Crippen molar-refractivity contribution in [3.05, 3.63) is 0 Å². The van der Waals surface area contributed by atoms with Crippen LogP contribution in [-0.2, 0) is 9.63 Å². The molecule has 0 aliphatic carbocycles. The van der Waals surface area contributed by atoms with E-state index < -0.39 is 12.0 Å². The molecule has 0 unspecified atom stereocenters. The highest BCUT2D eigenvalue weighted by Gasteiger charge is 2.18. The van der Waals surface area contributed by atoms with Gasteiger partial charge in [0, 0.05) is 13.1 Å². The first kappa shape index (κ1) is 13.4. The van der Waals surface area contributed by atoms with Crippen molar-refractivity contribution in [1.29, 1.82) is 0 Å². The fourth-order valence-electron chi connectivity index (χ4n) is 1.77. The zero-order valence-electron chi connectivity index (χ0n) is 9.89. The maximum atomic E-state index is 10.6. The summed E-state index contributed by atoms with van der Waals surface area (Å²) in [5.41, 5.74) is 5.04. The highest BCUT2D eigenvalue weighted by atomic mass is 16.7. The number of aliphatic hydroxyl groups is 1. The van der Waals surface area contributed by atoms with E-state index in [0.717, 1.165) is 39.0 Å². The molecule has 0 aromatic carbocycles. The van der Waals surface area contributed by atoms with Crippen LogP contribution in [0.5, 0.6) is 0 Å². The number of hydrogen-bond donors (Lipinski definition) is 2. The number of carbonyl (C=O) groups excluding carboxylic acids is 1. The first-order chi connectivity index (χ1) is 7.59. The Balaban J connectivity index is 2.17. The summed E-state index contributed by atoms with van der Waals surface area (Å²) in [5, 5.41) is 11.6. The van der Waals surface area contributed by atoms with Crippen LogP contribution in [0.4, 0.5) is 0 Å². The predicted molar refractivity (Wildman–Crippen MR) is 60.4 cm³/mol. The summed E-state index contributed by atoms with van der Waals surface area (Å²) in [4.78, 5) is 16.1. The Kier molecular flexibility index (Phi) is 5.73. The van der Waals surface area contributed by atoms with Gasteiger partial charge in [-0.1, -0.05) is 6.92 Å². The highest BCUT2D eigenvalue weighted by molar-refractivity contribution is 5.74. The van der Waals surface area contributed by atoms with Gasteiger partial charge in [0.25, 0.3) is 0 Å². The standard InChI is InChI=1S/C11H22N2O3/c1-9(10(14)8-11(12)15)4-6-13-5-2-3-7-16-13/h9-10,14H,2-8H2,1H3,(H2,12,15)/t9-,10+/m1/s1. The van der Waals surface area contributed by atoms with Crippen LogP contribution in [0.25, 0.3) is 0 Å². The van der Waals surface area contributed by atoms with Gasteiger partial charge in [0.05, 0.1) is 19.1 Å². The highest BCUT2D eigenvalue weighted by Crippen LogP contribution is 2.14. The van der Waals surface area contributed by atoms with Crippen LogP contribution in [0.3, 0.4) is 0 Å². The fraction of sp³-hybridized carbons (Fsp3) is 0.909. The molecule has 3 N–H and O–H groups in total. The Bertz CT molecular complexity index is 217. The fourth-order valence-corrected chi connectivity index (χ4v) is 1.77.